The lowest BCUT2D eigenvalue weighted by Crippen LogP contribution is -2.14. The first kappa shape index (κ1) is 11.7. The van der Waals surface area contributed by atoms with Crippen molar-refractivity contribution in [3.8, 4) is 0 Å². The second kappa shape index (κ2) is 4.69. The Kier molecular flexibility index (Phi) is 2.88. The first-order valence-electron chi connectivity index (χ1n) is 5.53. The van der Waals surface area contributed by atoms with Crippen molar-refractivity contribution in [1.82, 2.24) is 10.1 Å². The normalized spacial score (nSPS) is 10.7. The van der Waals surface area contributed by atoms with Crippen LogP contribution in [0.4, 0.5) is 5.69 Å². The van der Waals surface area contributed by atoms with E-state index < -0.39 is 0 Å². The Morgan fingerprint density at radius 1 is 1.42 bits per heavy atom. The van der Waals surface area contributed by atoms with Crippen molar-refractivity contribution in [3.05, 3.63) is 41.1 Å². The standard InChI is InChI=1S/C12H9N3O3S/c16-11(6-8-3-4-17-15-8)13-7-1-2-9-10(5-7)18-12(19)14-9/h1-5H,6H2,(H,13,16)(H,14,19). The fourth-order valence-electron chi connectivity index (χ4n) is 1.72. The lowest BCUT2D eigenvalue weighted by Gasteiger charge is -2.03. The molecule has 3 rings (SSSR count). The topological polar surface area (TPSA) is 84.1 Å². The van der Waals surface area contributed by atoms with Gasteiger partial charge in [0.05, 0.1) is 17.6 Å². The first-order valence-corrected chi connectivity index (χ1v) is 5.93. The highest BCUT2D eigenvalue weighted by molar-refractivity contribution is 7.71. The van der Waals surface area contributed by atoms with Gasteiger partial charge in [-0.15, -0.1) is 0 Å². The number of nitrogens with one attached hydrogen (secondary N) is 2. The van der Waals surface area contributed by atoms with Gasteiger partial charge in [-0.1, -0.05) is 5.16 Å². The van der Waals surface area contributed by atoms with Crippen LogP contribution in [0.15, 0.2) is 39.5 Å². The van der Waals surface area contributed by atoms with E-state index in [-0.39, 0.29) is 12.3 Å². The van der Waals surface area contributed by atoms with Crippen LogP contribution in [0, 0.1) is 4.84 Å². The van der Waals surface area contributed by atoms with Crippen molar-refractivity contribution in [2.45, 2.75) is 6.42 Å². The molecule has 7 heteroatoms. The third-order valence-electron chi connectivity index (χ3n) is 2.54. The maximum Gasteiger partial charge on any atom is 0.266 e. The molecule has 0 bridgehead atoms. The van der Waals surface area contributed by atoms with Crippen LogP contribution >= 0.6 is 12.2 Å². The SMILES string of the molecule is O=C(Cc1ccon1)Nc1ccc2[nH]c(=S)oc2c1. The van der Waals surface area contributed by atoms with E-state index in [9.17, 15) is 4.79 Å². The maximum absolute atomic E-state index is 11.8. The lowest BCUT2D eigenvalue weighted by atomic mass is 10.2. The summed E-state index contributed by atoms with van der Waals surface area (Å²) < 4.78 is 9.94. The molecule has 1 amide bonds. The number of hydrogen-bond acceptors (Lipinski definition) is 5. The van der Waals surface area contributed by atoms with Crippen molar-refractivity contribution in [3.63, 3.8) is 0 Å². The van der Waals surface area contributed by atoms with Gasteiger partial charge >= 0.3 is 0 Å². The van der Waals surface area contributed by atoms with Crippen molar-refractivity contribution in [2.75, 3.05) is 5.32 Å². The van der Waals surface area contributed by atoms with Crippen LogP contribution in [0.1, 0.15) is 5.69 Å². The van der Waals surface area contributed by atoms with Crippen molar-refractivity contribution >= 4 is 34.9 Å². The molecule has 96 valence electrons. The van der Waals surface area contributed by atoms with Crippen LogP contribution in [0.2, 0.25) is 0 Å². The van der Waals surface area contributed by atoms with E-state index in [1.807, 2.05) is 0 Å². The fourth-order valence-corrected chi connectivity index (χ4v) is 1.92. The second-order valence-corrected chi connectivity index (χ2v) is 4.31. The van der Waals surface area contributed by atoms with Gasteiger partial charge in [0.2, 0.25) is 5.91 Å². The van der Waals surface area contributed by atoms with Crippen molar-refractivity contribution < 1.29 is 13.7 Å². The smallest absolute Gasteiger partial charge is 0.266 e. The number of rotatable bonds is 3. The number of aromatic amines is 1. The second-order valence-electron chi connectivity index (χ2n) is 3.94. The number of carbonyl (C=O) groups excluding carboxylic acids is 1. The molecule has 2 heterocycles. The maximum atomic E-state index is 11.8. The molecule has 0 fully saturated rings. The minimum absolute atomic E-state index is 0.158. The van der Waals surface area contributed by atoms with Gasteiger partial charge in [-0.3, -0.25) is 4.79 Å². The molecule has 0 saturated carbocycles. The summed E-state index contributed by atoms with van der Waals surface area (Å²) in [5, 5.41) is 6.43. The van der Waals surface area contributed by atoms with E-state index >= 15 is 0 Å². The predicted octanol–water partition coefficient (Wildman–Crippen LogP) is 2.66. The van der Waals surface area contributed by atoms with E-state index in [1.54, 1.807) is 24.3 Å². The molecule has 0 aliphatic rings. The highest BCUT2D eigenvalue weighted by Crippen LogP contribution is 2.18. The number of carbonyl (C=O) groups is 1. The Balaban J connectivity index is 1.77. The molecule has 6 nitrogen and oxygen atoms in total. The summed E-state index contributed by atoms with van der Waals surface area (Å²) >= 11 is 4.89. The highest BCUT2D eigenvalue weighted by Gasteiger charge is 2.07. The minimum atomic E-state index is -0.178. The molecule has 0 spiro atoms. The predicted molar refractivity (Wildman–Crippen MR) is 70.2 cm³/mol. The van der Waals surface area contributed by atoms with Gasteiger partial charge in [0.25, 0.3) is 4.84 Å². The highest BCUT2D eigenvalue weighted by atomic mass is 32.1. The Bertz CT molecular complexity index is 773. The van der Waals surface area contributed by atoms with E-state index in [2.05, 4.69) is 20.0 Å². The van der Waals surface area contributed by atoms with Crippen LogP contribution in [-0.2, 0) is 11.2 Å². The summed E-state index contributed by atoms with van der Waals surface area (Å²) in [6, 6.07) is 6.92. The average Bonchev–Trinajstić information content (AvgIpc) is 2.96. The van der Waals surface area contributed by atoms with Gasteiger partial charge in [0.1, 0.15) is 6.26 Å². The number of fused-ring (bicyclic) bond motifs is 1. The van der Waals surface area contributed by atoms with Crippen LogP contribution < -0.4 is 5.32 Å². The number of benzene rings is 1. The first-order chi connectivity index (χ1) is 9.20. The molecule has 1 aromatic carbocycles. The minimum Gasteiger partial charge on any atom is -0.429 e. The monoisotopic (exact) mass is 275 g/mol. The average molecular weight is 275 g/mol. The van der Waals surface area contributed by atoms with E-state index in [0.717, 1.165) is 5.52 Å². The Labute approximate surface area is 112 Å². The lowest BCUT2D eigenvalue weighted by molar-refractivity contribution is -0.115. The molecule has 19 heavy (non-hydrogen) atoms. The van der Waals surface area contributed by atoms with E-state index in [4.69, 9.17) is 16.6 Å². The van der Waals surface area contributed by atoms with E-state index in [1.165, 1.54) is 6.26 Å². The van der Waals surface area contributed by atoms with Crippen molar-refractivity contribution in [2.24, 2.45) is 0 Å². The summed E-state index contributed by atoms with van der Waals surface area (Å²) in [4.78, 5) is 15.0. The molecule has 2 N–H and O–H groups in total. The Morgan fingerprint density at radius 2 is 2.32 bits per heavy atom. The largest absolute Gasteiger partial charge is 0.429 e. The van der Waals surface area contributed by atoms with Gasteiger partial charge in [-0.2, -0.15) is 0 Å². The van der Waals surface area contributed by atoms with Crippen LogP contribution in [-0.4, -0.2) is 16.0 Å². The van der Waals surface area contributed by atoms with Crippen LogP contribution in [0.3, 0.4) is 0 Å². The van der Waals surface area contributed by atoms with E-state index in [0.29, 0.717) is 21.8 Å². The zero-order chi connectivity index (χ0) is 13.2. The molecular formula is C12H9N3O3S. The molecule has 0 radical (unpaired) electrons. The molecule has 0 aliphatic carbocycles. The van der Waals surface area contributed by atoms with Crippen molar-refractivity contribution in [1.29, 1.82) is 0 Å². The number of amides is 1. The van der Waals surface area contributed by atoms with Crippen LogP contribution in [0.5, 0.6) is 0 Å². The number of nitrogens with zero attached hydrogens (tertiary/aromatic N) is 1. The Hall–Kier alpha value is -2.41. The van der Waals surface area contributed by atoms with Gasteiger partial charge < -0.3 is 19.2 Å². The van der Waals surface area contributed by atoms with Crippen LogP contribution in [0.25, 0.3) is 11.1 Å². The molecule has 2 aromatic heterocycles. The number of oxazole rings is 1. The Morgan fingerprint density at radius 3 is 3.11 bits per heavy atom. The van der Waals surface area contributed by atoms with Gasteiger partial charge in [0, 0.05) is 17.8 Å². The van der Waals surface area contributed by atoms with Gasteiger partial charge in [0.15, 0.2) is 5.58 Å². The summed E-state index contributed by atoms with van der Waals surface area (Å²) in [6.45, 7) is 0. The zero-order valence-electron chi connectivity index (χ0n) is 9.67. The molecule has 0 unspecified atom stereocenters. The summed E-state index contributed by atoms with van der Waals surface area (Å²) in [6.07, 6.45) is 1.59. The third kappa shape index (κ3) is 2.55. The quantitative estimate of drug-likeness (QED) is 0.718. The molecule has 0 atom stereocenters. The van der Waals surface area contributed by atoms with Gasteiger partial charge in [-0.05, 0) is 24.4 Å². The van der Waals surface area contributed by atoms with Gasteiger partial charge in [-0.25, -0.2) is 0 Å². The molecule has 3 aromatic rings. The molecule has 0 aliphatic heterocycles. The summed E-state index contributed by atoms with van der Waals surface area (Å²) in [7, 11) is 0. The summed E-state index contributed by atoms with van der Waals surface area (Å²) in [5.41, 5.74) is 2.61. The molecular weight excluding hydrogens is 266 g/mol. The number of aromatic nitrogens is 2. The number of anilines is 1. The molecule has 0 saturated heterocycles. The third-order valence-corrected chi connectivity index (χ3v) is 2.72. The zero-order valence-corrected chi connectivity index (χ0v) is 10.5. The number of H-pyrrole nitrogens is 1. The fraction of sp³-hybridized carbons (Fsp3) is 0.0833. The number of hydrogen-bond donors (Lipinski definition) is 2. The summed E-state index contributed by atoms with van der Waals surface area (Å²) in [5.74, 6) is -0.178.